The first-order valence-electron chi connectivity index (χ1n) is 1.34. The van der Waals surface area contributed by atoms with Crippen LogP contribution in [0.4, 0.5) is 0 Å². The van der Waals surface area contributed by atoms with Gasteiger partial charge in [0.15, 0.2) is 0 Å². The molecule has 0 heterocycles. The van der Waals surface area contributed by atoms with Crippen LogP contribution in [0.5, 0.6) is 0 Å². The molecule has 74 valence electrons. The minimum Gasteiger partial charge on any atom is -0.870 e. The van der Waals surface area contributed by atoms with Crippen molar-refractivity contribution in [1.29, 1.82) is 31.6 Å². The Labute approximate surface area is 113 Å². The van der Waals surface area contributed by atoms with Crippen LogP contribution < -0.4 is 0 Å². The molecule has 7 nitrogen and oxygen atoms in total. The molecule has 0 amide bonds. The Hall–Kier alpha value is -1.97. The zero-order valence-electron chi connectivity index (χ0n) is 7.17. The van der Waals surface area contributed by atoms with Gasteiger partial charge in [-0.2, -0.15) is 0 Å². The molecule has 0 aromatic rings. The Morgan fingerprint density at radius 2 is 0.400 bits per heavy atom. The molecule has 0 aromatic heterocycles. The van der Waals surface area contributed by atoms with Crippen LogP contribution in [0, 0.1) is 71.0 Å². The molecule has 1 N–H and O–H groups in total. The van der Waals surface area contributed by atoms with Crippen LogP contribution in [0.3, 0.4) is 0 Å². The van der Waals surface area contributed by atoms with Crippen LogP contribution in [-0.2, 0) is 36.3 Å². The molecular formula is C6HCoN6OZn-2. The summed E-state index contributed by atoms with van der Waals surface area (Å²) in [7, 11) is 0. The van der Waals surface area contributed by atoms with Crippen molar-refractivity contribution < 1.29 is 41.7 Å². The van der Waals surface area contributed by atoms with Gasteiger partial charge >= 0.3 is 36.3 Å². The SMILES string of the molecule is [C-]#N.[C-]#N.[C-]#N.[C-]#N.[C-]#N.[C-]#N.[Co+3].[OH-].[Zn+2]. The molecule has 0 radical (unpaired) electrons. The Bertz CT molecular complexity index is 103. The summed E-state index contributed by atoms with van der Waals surface area (Å²) in [4.78, 5) is 0. The molecule has 0 spiro atoms. The topological polar surface area (TPSA) is 173 Å². The first-order valence-corrected chi connectivity index (χ1v) is 1.34. The maximum Gasteiger partial charge on any atom is 3.00 e. The van der Waals surface area contributed by atoms with E-state index >= 15 is 0 Å². The summed E-state index contributed by atoms with van der Waals surface area (Å²) in [6.45, 7) is 28.5. The fourth-order valence-electron chi connectivity index (χ4n) is 0. The fraction of sp³-hybridized carbons (Fsp3) is 0. The van der Waals surface area contributed by atoms with E-state index in [1.54, 1.807) is 0 Å². The molecule has 0 aromatic carbocycles. The van der Waals surface area contributed by atoms with Crippen molar-refractivity contribution in [2.45, 2.75) is 0 Å². The average molecular weight is 297 g/mol. The zero-order valence-corrected chi connectivity index (χ0v) is 11.2. The maximum atomic E-state index is 6.25. The van der Waals surface area contributed by atoms with Crippen LogP contribution in [0.1, 0.15) is 0 Å². The molecule has 0 unspecified atom stereocenters. The molecule has 0 atom stereocenters. The summed E-state index contributed by atoms with van der Waals surface area (Å²) >= 11 is 0. The normalized spacial score (nSPS) is 0.800. The van der Waals surface area contributed by atoms with Crippen LogP contribution >= 0.6 is 0 Å². The molecule has 0 saturated carbocycles. The smallest absolute Gasteiger partial charge is 0.870 e. The van der Waals surface area contributed by atoms with Crippen molar-refractivity contribution in [3.05, 3.63) is 39.4 Å². The van der Waals surface area contributed by atoms with Gasteiger partial charge in [-0.1, -0.05) is 0 Å². The van der Waals surface area contributed by atoms with Gasteiger partial charge in [0.05, 0.1) is 0 Å². The standard InChI is InChI=1S/6CN.Co.H2O.Zn/c6*1-2;;;/h;;;;;;;1H2;/q6*-1;+3;;+2/p-1. The third-order valence-corrected chi connectivity index (χ3v) is 0. The van der Waals surface area contributed by atoms with E-state index in [0.717, 1.165) is 0 Å². The van der Waals surface area contributed by atoms with E-state index in [1.165, 1.54) is 0 Å². The van der Waals surface area contributed by atoms with E-state index in [0.29, 0.717) is 0 Å². The second kappa shape index (κ2) is 377. The summed E-state index contributed by atoms with van der Waals surface area (Å²) in [6, 6.07) is 0. The van der Waals surface area contributed by atoms with Gasteiger partial charge in [-0.15, -0.1) is 0 Å². The van der Waals surface area contributed by atoms with E-state index < -0.39 is 0 Å². The van der Waals surface area contributed by atoms with Crippen molar-refractivity contribution in [2.75, 3.05) is 0 Å². The molecule has 9 heteroatoms. The molecule has 0 aliphatic rings. The quantitative estimate of drug-likeness (QED) is 0.459. The van der Waals surface area contributed by atoms with Gasteiger partial charge in [0.2, 0.25) is 0 Å². The molecule has 0 aliphatic heterocycles. The van der Waals surface area contributed by atoms with Gasteiger partial charge in [-0.3, -0.25) is 0 Å². The van der Waals surface area contributed by atoms with E-state index in [1.807, 2.05) is 0 Å². The second-order valence-corrected chi connectivity index (χ2v) is 0. The van der Waals surface area contributed by atoms with Gasteiger partial charge in [-0.25, -0.2) is 0 Å². The van der Waals surface area contributed by atoms with Gasteiger partial charge in [0.25, 0.3) is 0 Å². The Morgan fingerprint density at radius 3 is 0.400 bits per heavy atom. The Balaban J connectivity index is -0.00000000396. The van der Waals surface area contributed by atoms with Crippen molar-refractivity contribution >= 4 is 0 Å². The molecule has 0 bridgehead atoms. The van der Waals surface area contributed by atoms with Gasteiger partial charge in [-0.05, 0) is 0 Å². The molecule has 0 fully saturated rings. The maximum absolute atomic E-state index is 6.25. The average Bonchev–Trinajstić information content (AvgIpc) is 2.33. The predicted octanol–water partition coefficient (Wildman–Crippen LogP) is 0.396. The fourth-order valence-corrected chi connectivity index (χ4v) is 0. The summed E-state index contributed by atoms with van der Waals surface area (Å²) in [5.74, 6) is 0. The van der Waals surface area contributed by atoms with Crippen molar-refractivity contribution in [3.63, 3.8) is 0 Å². The summed E-state index contributed by atoms with van der Waals surface area (Å²) < 4.78 is 0. The second-order valence-electron chi connectivity index (χ2n) is 0. The first-order chi connectivity index (χ1) is 6.00. The van der Waals surface area contributed by atoms with E-state index in [2.05, 4.69) is 0 Å². The third kappa shape index (κ3) is 312. The van der Waals surface area contributed by atoms with E-state index in [4.69, 9.17) is 71.0 Å². The number of hydrogen-bond donors (Lipinski definition) is 0. The Kier molecular flexibility index (Phi) is 2920. The Morgan fingerprint density at radius 1 is 0.400 bits per heavy atom. The van der Waals surface area contributed by atoms with Gasteiger partial charge in [0.1, 0.15) is 0 Å². The van der Waals surface area contributed by atoms with Crippen LogP contribution in [0.2, 0.25) is 0 Å². The summed E-state index contributed by atoms with van der Waals surface area (Å²) in [6.07, 6.45) is 0. The van der Waals surface area contributed by atoms with E-state index in [9.17, 15) is 0 Å². The minimum absolute atomic E-state index is 0. The summed E-state index contributed by atoms with van der Waals surface area (Å²) in [5, 5.41) is 37.5. The molecule has 0 saturated heterocycles. The zero-order chi connectivity index (χ0) is 12.0. The van der Waals surface area contributed by atoms with Crippen molar-refractivity contribution in [3.8, 4) is 0 Å². The van der Waals surface area contributed by atoms with Gasteiger partial charge < -0.3 is 76.5 Å². The third-order valence-electron chi connectivity index (χ3n) is 0. The molecule has 0 rings (SSSR count). The monoisotopic (exact) mass is 296 g/mol. The van der Waals surface area contributed by atoms with E-state index in [-0.39, 0.29) is 41.7 Å². The van der Waals surface area contributed by atoms with Crippen LogP contribution in [0.15, 0.2) is 0 Å². The van der Waals surface area contributed by atoms with Gasteiger partial charge in [0, 0.05) is 0 Å². The number of rotatable bonds is 0. The number of nitrogens with zero attached hydrogens (tertiary/aromatic N) is 6. The number of hydrogen-bond acceptors (Lipinski definition) is 7. The molecule has 0 aliphatic carbocycles. The largest absolute Gasteiger partial charge is 3.00 e. The van der Waals surface area contributed by atoms with Crippen molar-refractivity contribution in [1.82, 2.24) is 0 Å². The van der Waals surface area contributed by atoms with Crippen LogP contribution in [0.25, 0.3) is 0 Å². The molecule has 15 heavy (non-hydrogen) atoms. The van der Waals surface area contributed by atoms with Crippen molar-refractivity contribution in [2.24, 2.45) is 0 Å². The molecular weight excluding hydrogens is 296 g/mol. The minimum atomic E-state index is 0. The summed E-state index contributed by atoms with van der Waals surface area (Å²) in [5.41, 5.74) is 0. The van der Waals surface area contributed by atoms with Crippen LogP contribution in [-0.4, -0.2) is 5.48 Å². The first kappa shape index (κ1) is 116. The predicted molar refractivity (Wildman–Crippen MR) is 31.7 cm³/mol.